The zero-order valence-electron chi connectivity index (χ0n) is 16.0. The van der Waals surface area contributed by atoms with Gasteiger partial charge in [-0.15, -0.1) is 10.2 Å². The normalized spacial score (nSPS) is 11.0. The van der Waals surface area contributed by atoms with Gasteiger partial charge in [-0.25, -0.2) is 0 Å². The molecule has 0 saturated carbocycles. The van der Waals surface area contributed by atoms with Crippen molar-refractivity contribution in [2.75, 3.05) is 6.54 Å². The molecule has 0 aliphatic rings. The second-order valence-electron chi connectivity index (χ2n) is 6.77. The molecule has 0 aliphatic carbocycles. The molecular formula is C23H20ClN3O2. The van der Waals surface area contributed by atoms with E-state index in [4.69, 9.17) is 16.0 Å². The summed E-state index contributed by atoms with van der Waals surface area (Å²) >= 11 is 6.21. The van der Waals surface area contributed by atoms with Crippen LogP contribution in [0.4, 0.5) is 0 Å². The van der Waals surface area contributed by atoms with Crippen molar-refractivity contribution in [3.63, 3.8) is 0 Å². The van der Waals surface area contributed by atoms with Gasteiger partial charge in [0.2, 0.25) is 11.8 Å². The molecule has 0 aliphatic heterocycles. The minimum Gasteiger partial charge on any atom is -0.419 e. The Balaban J connectivity index is 1.57. The van der Waals surface area contributed by atoms with Crippen LogP contribution < -0.4 is 0 Å². The number of aromatic nitrogens is 2. The lowest BCUT2D eigenvalue weighted by Gasteiger charge is -2.20. The third-order valence-electron chi connectivity index (χ3n) is 4.67. The molecule has 0 atom stereocenters. The van der Waals surface area contributed by atoms with Crippen LogP contribution in [0.3, 0.4) is 0 Å². The molecule has 0 bridgehead atoms. The summed E-state index contributed by atoms with van der Waals surface area (Å²) in [7, 11) is 0. The van der Waals surface area contributed by atoms with Crippen molar-refractivity contribution < 1.29 is 9.21 Å². The fourth-order valence-electron chi connectivity index (χ4n) is 3.25. The second-order valence-corrected chi connectivity index (χ2v) is 7.18. The molecule has 1 aromatic heterocycles. The maximum Gasteiger partial charge on any atom is 0.254 e. The summed E-state index contributed by atoms with van der Waals surface area (Å²) in [5.41, 5.74) is 1.32. The van der Waals surface area contributed by atoms with E-state index >= 15 is 0 Å². The lowest BCUT2D eigenvalue weighted by molar-refractivity contribution is 0.0729. The van der Waals surface area contributed by atoms with E-state index in [1.54, 1.807) is 11.0 Å². The zero-order valence-corrected chi connectivity index (χ0v) is 16.8. The first-order valence-corrected chi connectivity index (χ1v) is 9.89. The highest BCUT2D eigenvalue weighted by Crippen LogP contribution is 2.26. The predicted molar refractivity (Wildman–Crippen MR) is 114 cm³/mol. The lowest BCUT2D eigenvalue weighted by Crippen LogP contribution is -2.31. The predicted octanol–water partition coefficient (Wildman–Crippen LogP) is 5.60. The third-order valence-corrected chi connectivity index (χ3v) is 5.00. The molecular weight excluding hydrogens is 386 g/mol. The van der Waals surface area contributed by atoms with Crippen molar-refractivity contribution in [2.24, 2.45) is 0 Å². The molecule has 0 spiro atoms. The minimum atomic E-state index is -0.0601. The van der Waals surface area contributed by atoms with Crippen molar-refractivity contribution in [2.45, 2.75) is 19.9 Å². The van der Waals surface area contributed by atoms with Gasteiger partial charge in [-0.05, 0) is 41.5 Å². The molecule has 0 unspecified atom stereocenters. The Morgan fingerprint density at radius 2 is 1.76 bits per heavy atom. The summed E-state index contributed by atoms with van der Waals surface area (Å²) in [4.78, 5) is 14.9. The van der Waals surface area contributed by atoms with Gasteiger partial charge in [0.05, 0.1) is 17.1 Å². The zero-order chi connectivity index (χ0) is 20.2. The van der Waals surface area contributed by atoms with Crippen molar-refractivity contribution >= 4 is 28.3 Å². The van der Waals surface area contributed by atoms with Gasteiger partial charge in [0.15, 0.2) is 0 Å². The third kappa shape index (κ3) is 4.15. The molecule has 29 heavy (non-hydrogen) atoms. The molecule has 6 heteroatoms. The van der Waals surface area contributed by atoms with Crippen LogP contribution in [0.1, 0.15) is 29.6 Å². The maximum atomic E-state index is 13.1. The summed E-state index contributed by atoms with van der Waals surface area (Å²) in [6, 6.07) is 21.0. The Morgan fingerprint density at radius 3 is 2.55 bits per heavy atom. The number of carbonyl (C=O) groups excluding carboxylic acids is 1. The van der Waals surface area contributed by atoms with Crippen LogP contribution in [0.5, 0.6) is 0 Å². The first kappa shape index (κ1) is 19.2. The molecule has 0 fully saturated rings. The van der Waals surface area contributed by atoms with Crippen molar-refractivity contribution in [3.8, 4) is 11.5 Å². The molecule has 0 radical (unpaired) electrons. The fraction of sp³-hybridized carbons (Fsp3) is 0.174. The highest BCUT2D eigenvalue weighted by atomic mass is 35.5. The van der Waals surface area contributed by atoms with Gasteiger partial charge >= 0.3 is 0 Å². The molecule has 0 N–H and O–H groups in total. The molecule has 1 heterocycles. The second kappa shape index (κ2) is 8.45. The van der Waals surface area contributed by atoms with E-state index in [1.165, 1.54) is 0 Å². The van der Waals surface area contributed by atoms with Gasteiger partial charge in [-0.2, -0.15) is 0 Å². The number of hydrogen-bond donors (Lipinski definition) is 0. The molecule has 4 rings (SSSR count). The van der Waals surface area contributed by atoms with E-state index in [1.807, 2.05) is 67.6 Å². The standard InChI is InChI=1S/C23H20ClN3O2/c1-2-13-27(23(28)18-12-11-16-7-3-4-8-17(16)14-18)15-21-25-26-22(29-21)19-9-5-6-10-20(19)24/h3-12,14H,2,13,15H2,1H3. The van der Waals surface area contributed by atoms with Gasteiger partial charge in [-0.1, -0.05) is 61.0 Å². The fourth-order valence-corrected chi connectivity index (χ4v) is 3.47. The first-order valence-electron chi connectivity index (χ1n) is 9.51. The Bertz CT molecular complexity index is 1160. The van der Waals surface area contributed by atoms with Crippen molar-refractivity contribution in [1.82, 2.24) is 15.1 Å². The summed E-state index contributed by atoms with van der Waals surface area (Å²) in [5.74, 6) is 0.665. The molecule has 1 amide bonds. The number of nitrogens with zero attached hydrogens (tertiary/aromatic N) is 3. The number of fused-ring (bicyclic) bond motifs is 1. The minimum absolute atomic E-state index is 0.0601. The summed E-state index contributed by atoms with van der Waals surface area (Å²) in [6.45, 7) is 2.87. The highest BCUT2D eigenvalue weighted by molar-refractivity contribution is 6.33. The number of carbonyl (C=O) groups is 1. The largest absolute Gasteiger partial charge is 0.419 e. The number of hydrogen-bond acceptors (Lipinski definition) is 4. The monoisotopic (exact) mass is 405 g/mol. The van der Waals surface area contributed by atoms with Crippen LogP contribution in [0, 0.1) is 0 Å². The van der Waals surface area contributed by atoms with E-state index in [0.29, 0.717) is 34.5 Å². The Kier molecular flexibility index (Phi) is 5.58. The summed E-state index contributed by atoms with van der Waals surface area (Å²) in [5, 5.41) is 10.9. The lowest BCUT2D eigenvalue weighted by atomic mass is 10.1. The topological polar surface area (TPSA) is 59.2 Å². The highest BCUT2D eigenvalue weighted by Gasteiger charge is 2.19. The van der Waals surface area contributed by atoms with E-state index in [0.717, 1.165) is 17.2 Å². The SMILES string of the molecule is CCCN(Cc1nnc(-c2ccccc2Cl)o1)C(=O)c1ccc2ccccc2c1. The van der Waals surface area contributed by atoms with E-state index < -0.39 is 0 Å². The van der Waals surface area contributed by atoms with E-state index in [2.05, 4.69) is 10.2 Å². The van der Waals surface area contributed by atoms with Gasteiger partial charge < -0.3 is 9.32 Å². The molecule has 146 valence electrons. The van der Waals surface area contributed by atoms with Crippen molar-refractivity contribution in [1.29, 1.82) is 0 Å². The number of rotatable bonds is 6. The Morgan fingerprint density at radius 1 is 1.00 bits per heavy atom. The van der Waals surface area contributed by atoms with Gasteiger partial charge in [0.25, 0.3) is 5.91 Å². The Labute approximate surface area is 173 Å². The van der Waals surface area contributed by atoms with Crippen molar-refractivity contribution in [3.05, 3.63) is 83.2 Å². The maximum absolute atomic E-state index is 13.1. The first-order chi connectivity index (χ1) is 14.2. The summed E-state index contributed by atoms with van der Waals surface area (Å²) < 4.78 is 5.78. The van der Waals surface area contributed by atoms with Gasteiger partial charge in [-0.3, -0.25) is 4.79 Å². The number of halogens is 1. The Hall–Kier alpha value is -3.18. The van der Waals surface area contributed by atoms with Crippen LogP contribution in [0.25, 0.3) is 22.2 Å². The smallest absolute Gasteiger partial charge is 0.254 e. The number of amides is 1. The molecule has 0 saturated heterocycles. The van der Waals surface area contributed by atoms with E-state index in [9.17, 15) is 4.79 Å². The van der Waals surface area contributed by atoms with Crippen LogP contribution in [0.15, 0.2) is 71.1 Å². The quantitative estimate of drug-likeness (QED) is 0.419. The average molecular weight is 406 g/mol. The average Bonchev–Trinajstić information content (AvgIpc) is 3.21. The number of benzene rings is 3. The molecule has 5 nitrogen and oxygen atoms in total. The van der Waals surface area contributed by atoms with E-state index in [-0.39, 0.29) is 12.5 Å². The van der Waals surface area contributed by atoms with Gasteiger partial charge in [0, 0.05) is 12.1 Å². The molecule has 4 aromatic rings. The summed E-state index contributed by atoms with van der Waals surface area (Å²) in [6.07, 6.45) is 0.824. The van der Waals surface area contributed by atoms with Gasteiger partial charge in [0.1, 0.15) is 0 Å². The van der Waals surface area contributed by atoms with Crippen LogP contribution in [-0.4, -0.2) is 27.5 Å². The molecule has 3 aromatic carbocycles. The van der Waals surface area contributed by atoms with Crippen LogP contribution >= 0.6 is 11.6 Å². The van der Waals surface area contributed by atoms with Crippen LogP contribution in [-0.2, 0) is 6.54 Å². The van der Waals surface area contributed by atoms with Crippen LogP contribution in [0.2, 0.25) is 5.02 Å².